The summed E-state index contributed by atoms with van der Waals surface area (Å²) >= 11 is 8.65. The molecule has 1 fully saturated rings. The molecule has 0 bridgehead atoms. The van der Waals surface area contributed by atoms with Crippen molar-refractivity contribution in [1.29, 1.82) is 0 Å². The first-order chi connectivity index (χ1) is 16.9. The fourth-order valence-corrected chi connectivity index (χ4v) is 5.65. The predicted molar refractivity (Wildman–Crippen MR) is 136 cm³/mol. The number of aryl methyl sites for hydroxylation is 1. The maximum atomic E-state index is 13.1. The van der Waals surface area contributed by atoms with Crippen LogP contribution in [0.4, 0.5) is 5.13 Å². The molecule has 0 aliphatic carbocycles. The van der Waals surface area contributed by atoms with Gasteiger partial charge < -0.3 is 9.52 Å². The summed E-state index contributed by atoms with van der Waals surface area (Å²) in [5, 5.41) is 20.1. The fourth-order valence-electron chi connectivity index (χ4n) is 3.70. The Labute approximate surface area is 214 Å². The van der Waals surface area contributed by atoms with E-state index < -0.39 is 17.7 Å². The smallest absolute Gasteiger partial charge is 0.302 e. The number of amides is 1. The predicted octanol–water partition coefficient (Wildman–Crippen LogP) is 6.01. The molecule has 3 heterocycles. The minimum Gasteiger partial charge on any atom is -0.507 e. The molecule has 1 unspecified atom stereocenters. The first-order valence-corrected chi connectivity index (χ1v) is 12.7. The molecule has 2 aromatic carbocycles. The first kappa shape index (κ1) is 23.3. The number of nitrogens with zero attached hydrogens (tertiary/aromatic N) is 3. The maximum absolute atomic E-state index is 13.1. The Morgan fingerprint density at radius 1 is 1.11 bits per heavy atom. The zero-order valence-corrected chi connectivity index (χ0v) is 20.7. The van der Waals surface area contributed by atoms with Gasteiger partial charge in [-0.05, 0) is 48.9 Å². The zero-order chi connectivity index (χ0) is 24.5. The number of anilines is 1. The molecule has 10 heteroatoms. The van der Waals surface area contributed by atoms with Crippen molar-refractivity contribution in [2.45, 2.75) is 23.1 Å². The molecule has 1 aliphatic rings. The van der Waals surface area contributed by atoms with Gasteiger partial charge in [0.1, 0.15) is 17.6 Å². The summed E-state index contributed by atoms with van der Waals surface area (Å²) in [5.74, 6) is -0.950. The minimum atomic E-state index is -0.983. The number of hydrogen-bond donors (Lipinski definition) is 1. The molecule has 4 aromatic rings. The fraction of sp³-hybridized carbons (Fsp3) is 0.120. The van der Waals surface area contributed by atoms with Crippen LogP contribution in [0.2, 0.25) is 5.02 Å². The van der Waals surface area contributed by atoms with Crippen LogP contribution in [-0.4, -0.2) is 27.0 Å². The summed E-state index contributed by atoms with van der Waals surface area (Å²) in [7, 11) is 0. The number of thioether (sulfide) groups is 1. The van der Waals surface area contributed by atoms with Crippen LogP contribution in [0.25, 0.3) is 5.76 Å². The van der Waals surface area contributed by atoms with E-state index >= 15 is 0 Å². The molecule has 1 atom stereocenters. The highest BCUT2D eigenvalue weighted by Gasteiger charge is 2.49. The summed E-state index contributed by atoms with van der Waals surface area (Å²) in [6, 6.07) is 16.9. The number of benzene rings is 2. The number of carbonyl (C=O) groups is 2. The van der Waals surface area contributed by atoms with Crippen molar-refractivity contribution in [3.8, 4) is 0 Å². The molecule has 0 saturated carbocycles. The lowest BCUT2D eigenvalue weighted by Gasteiger charge is -2.20. The van der Waals surface area contributed by atoms with Gasteiger partial charge in [-0.25, -0.2) is 0 Å². The van der Waals surface area contributed by atoms with E-state index in [0.29, 0.717) is 26.4 Å². The number of carbonyl (C=O) groups excluding carboxylic acids is 2. The summed E-state index contributed by atoms with van der Waals surface area (Å²) in [4.78, 5) is 27.5. The Morgan fingerprint density at radius 2 is 1.86 bits per heavy atom. The van der Waals surface area contributed by atoms with Crippen molar-refractivity contribution in [1.82, 2.24) is 10.2 Å². The summed E-state index contributed by atoms with van der Waals surface area (Å²) < 4.78 is 6.21. The van der Waals surface area contributed by atoms with Crippen molar-refractivity contribution in [2.24, 2.45) is 0 Å². The minimum absolute atomic E-state index is 0.0867. The molecular formula is C25H18ClN3O4S2. The summed E-state index contributed by atoms with van der Waals surface area (Å²) in [6.07, 6.45) is 1.45. The first-order valence-electron chi connectivity index (χ1n) is 10.5. The van der Waals surface area contributed by atoms with E-state index in [-0.39, 0.29) is 16.5 Å². The third-order valence-corrected chi connectivity index (χ3v) is 7.84. The SMILES string of the molecule is Cc1ccc(CSc2nnc(N3C(=O)C(=O)/C(=C(\O)c4ccc(Cl)cc4)C3c3ccco3)s2)cc1. The molecule has 2 aromatic heterocycles. The molecule has 7 nitrogen and oxygen atoms in total. The Balaban J connectivity index is 1.49. The normalized spacial score (nSPS) is 17.3. The monoisotopic (exact) mass is 523 g/mol. The number of rotatable bonds is 6. The Morgan fingerprint density at radius 3 is 2.54 bits per heavy atom. The van der Waals surface area contributed by atoms with Crippen molar-refractivity contribution in [2.75, 3.05) is 4.90 Å². The van der Waals surface area contributed by atoms with Crippen LogP contribution >= 0.6 is 34.7 Å². The molecule has 1 N–H and O–H groups in total. The number of Topliss-reactive ketones (excluding diaryl/α,β-unsaturated/α-hetero) is 1. The quantitative estimate of drug-likeness (QED) is 0.109. The number of furan rings is 1. The number of aromatic nitrogens is 2. The second-order valence-corrected chi connectivity index (χ2v) is 10.4. The second-order valence-electron chi connectivity index (χ2n) is 7.82. The molecule has 5 rings (SSSR count). The lowest BCUT2D eigenvalue weighted by atomic mass is 9.99. The van der Waals surface area contributed by atoms with Crippen molar-refractivity contribution in [3.63, 3.8) is 0 Å². The van der Waals surface area contributed by atoms with Crippen LogP contribution in [0, 0.1) is 6.92 Å². The Kier molecular flexibility index (Phi) is 6.46. The standard InChI is InChI=1S/C25H18ClN3O4S2/c1-14-4-6-15(7-5-14)13-34-25-28-27-24(35-25)29-20(18-3-2-12-33-18)19(22(31)23(29)32)21(30)16-8-10-17(26)11-9-16/h2-12,20,30H,13H2,1H3/b21-19-. The van der Waals surface area contributed by atoms with E-state index in [9.17, 15) is 14.7 Å². The van der Waals surface area contributed by atoms with E-state index in [1.165, 1.54) is 39.8 Å². The molecule has 1 aliphatic heterocycles. The van der Waals surface area contributed by atoms with Gasteiger partial charge in [-0.1, -0.05) is 64.5 Å². The van der Waals surface area contributed by atoms with E-state index in [1.54, 1.807) is 36.4 Å². The average molecular weight is 524 g/mol. The Bertz CT molecular complexity index is 1410. The number of hydrogen-bond acceptors (Lipinski definition) is 8. The molecule has 35 heavy (non-hydrogen) atoms. The topological polar surface area (TPSA) is 96.5 Å². The van der Waals surface area contributed by atoms with Gasteiger partial charge >= 0.3 is 5.91 Å². The van der Waals surface area contributed by atoms with E-state index in [1.807, 2.05) is 19.1 Å². The molecule has 1 amide bonds. The average Bonchev–Trinajstić information content (AvgIpc) is 3.60. The summed E-state index contributed by atoms with van der Waals surface area (Å²) in [5.41, 5.74) is 2.59. The van der Waals surface area contributed by atoms with Gasteiger partial charge in [0.2, 0.25) is 5.13 Å². The second kappa shape index (κ2) is 9.69. The van der Waals surface area contributed by atoms with Gasteiger partial charge in [0.15, 0.2) is 4.34 Å². The highest BCUT2D eigenvalue weighted by molar-refractivity contribution is 8.00. The van der Waals surface area contributed by atoms with Crippen LogP contribution < -0.4 is 4.90 Å². The number of halogens is 1. The highest BCUT2D eigenvalue weighted by atomic mass is 35.5. The lowest BCUT2D eigenvalue weighted by Crippen LogP contribution is -2.29. The summed E-state index contributed by atoms with van der Waals surface area (Å²) in [6.45, 7) is 2.03. The van der Waals surface area contributed by atoms with Crippen molar-refractivity contribution >= 4 is 57.3 Å². The number of aliphatic hydroxyl groups excluding tert-OH is 1. The van der Waals surface area contributed by atoms with Gasteiger partial charge in [0.05, 0.1) is 11.8 Å². The molecule has 1 saturated heterocycles. The van der Waals surface area contributed by atoms with Gasteiger partial charge in [-0.3, -0.25) is 14.5 Å². The zero-order valence-electron chi connectivity index (χ0n) is 18.3. The van der Waals surface area contributed by atoms with Gasteiger partial charge in [-0.2, -0.15) is 0 Å². The Hall–Kier alpha value is -3.40. The third-order valence-electron chi connectivity index (χ3n) is 5.46. The van der Waals surface area contributed by atoms with Gasteiger partial charge in [0, 0.05) is 16.3 Å². The third kappa shape index (κ3) is 4.62. The van der Waals surface area contributed by atoms with Crippen molar-refractivity contribution < 1.29 is 19.1 Å². The molecule has 176 valence electrons. The maximum Gasteiger partial charge on any atom is 0.302 e. The van der Waals surface area contributed by atoms with Crippen LogP contribution in [-0.2, 0) is 15.3 Å². The van der Waals surface area contributed by atoms with Gasteiger partial charge in [-0.15, -0.1) is 10.2 Å². The van der Waals surface area contributed by atoms with Gasteiger partial charge in [0.25, 0.3) is 5.78 Å². The van der Waals surface area contributed by atoms with E-state index in [4.69, 9.17) is 16.0 Å². The van der Waals surface area contributed by atoms with E-state index in [2.05, 4.69) is 22.3 Å². The number of aliphatic hydroxyl groups is 1. The van der Waals surface area contributed by atoms with Crippen LogP contribution in [0.5, 0.6) is 0 Å². The van der Waals surface area contributed by atoms with Crippen LogP contribution in [0.15, 0.2) is 81.3 Å². The molecular weight excluding hydrogens is 506 g/mol. The van der Waals surface area contributed by atoms with Crippen LogP contribution in [0.1, 0.15) is 28.5 Å². The lowest BCUT2D eigenvalue weighted by molar-refractivity contribution is -0.132. The number of ketones is 1. The van der Waals surface area contributed by atoms with E-state index in [0.717, 1.165) is 5.56 Å². The molecule has 0 radical (unpaired) electrons. The largest absolute Gasteiger partial charge is 0.507 e. The van der Waals surface area contributed by atoms with Crippen molar-refractivity contribution in [3.05, 3.63) is 100.0 Å². The molecule has 0 spiro atoms. The highest BCUT2D eigenvalue weighted by Crippen LogP contribution is 2.44. The van der Waals surface area contributed by atoms with Crippen LogP contribution in [0.3, 0.4) is 0 Å².